The maximum absolute atomic E-state index is 11.0. The van der Waals surface area contributed by atoms with Crippen LogP contribution < -0.4 is 0 Å². The van der Waals surface area contributed by atoms with E-state index >= 15 is 0 Å². The number of isocyanates is 4. The lowest BCUT2D eigenvalue weighted by Gasteiger charge is -2.26. The molecule has 0 saturated heterocycles. The number of allylic oxidation sites excluding steroid dienone is 2. The first-order valence-electron chi connectivity index (χ1n) is 13.0. The summed E-state index contributed by atoms with van der Waals surface area (Å²) in [4.78, 5) is 58.2. The molecule has 0 bridgehead atoms. The SMILES string of the molecule is O=C=NC1C=CC=C(CCC(N=C=O)(N=C=O)c2ccccc2)C1N=C=O.c1ccc(CCc2ccccc2)cc1. The maximum Gasteiger partial charge on any atom is 0.237 e. The lowest BCUT2D eigenvalue weighted by molar-refractivity contribution is 0.415. The summed E-state index contributed by atoms with van der Waals surface area (Å²) in [5, 5.41) is 0. The van der Waals surface area contributed by atoms with Gasteiger partial charge < -0.3 is 0 Å². The van der Waals surface area contributed by atoms with Crippen molar-refractivity contribution >= 4 is 24.3 Å². The van der Waals surface area contributed by atoms with Crippen molar-refractivity contribution in [3.05, 3.63) is 131 Å². The van der Waals surface area contributed by atoms with Crippen LogP contribution in [0.25, 0.3) is 0 Å². The molecular formula is C33H28N4O4. The zero-order valence-corrected chi connectivity index (χ0v) is 22.3. The maximum atomic E-state index is 11.0. The molecule has 8 heteroatoms. The van der Waals surface area contributed by atoms with Crippen LogP contribution in [0.3, 0.4) is 0 Å². The minimum absolute atomic E-state index is 0.115. The predicted molar refractivity (Wildman–Crippen MR) is 155 cm³/mol. The largest absolute Gasteiger partial charge is 0.237 e. The highest BCUT2D eigenvalue weighted by Crippen LogP contribution is 2.35. The van der Waals surface area contributed by atoms with Crippen molar-refractivity contribution in [1.29, 1.82) is 0 Å². The van der Waals surface area contributed by atoms with Crippen LogP contribution in [0.15, 0.2) is 135 Å². The molecule has 2 atom stereocenters. The summed E-state index contributed by atoms with van der Waals surface area (Å²) in [6.45, 7) is 0. The Morgan fingerprint density at radius 1 is 0.610 bits per heavy atom. The summed E-state index contributed by atoms with van der Waals surface area (Å²) in [7, 11) is 0. The first-order chi connectivity index (χ1) is 20.2. The third kappa shape index (κ3) is 9.12. The molecule has 0 fully saturated rings. The van der Waals surface area contributed by atoms with Crippen molar-refractivity contribution in [2.75, 3.05) is 0 Å². The second-order valence-corrected chi connectivity index (χ2v) is 9.06. The fraction of sp³-hybridized carbons (Fsp3) is 0.212. The van der Waals surface area contributed by atoms with Gasteiger partial charge >= 0.3 is 0 Å². The van der Waals surface area contributed by atoms with Crippen molar-refractivity contribution < 1.29 is 19.2 Å². The van der Waals surface area contributed by atoms with E-state index in [1.165, 1.54) is 35.4 Å². The minimum atomic E-state index is -1.49. The highest BCUT2D eigenvalue weighted by atomic mass is 16.1. The summed E-state index contributed by atoms with van der Waals surface area (Å²) >= 11 is 0. The highest BCUT2D eigenvalue weighted by molar-refractivity contribution is 5.44. The zero-order chi connectivity index (χ0) is 29.2. The molecular weight excluding hydrogens is 516 g/mol. The minimum Gasteiger partial charge on any atom is -0.211 e. The van der Waals surface area contributed by atoms with Crippen LogP contribution in [0.2, 0.25) is 0 Å². The Labute approximate surface area is 238 Å². The molecule has 3 aromatic rings. The third-order valence-corrected chi connectivity index (χ3v) is 6.56. The van der Waals surface area contributed by atoms with E-state index in [1.54, 1.807) is 48.6 Å². The van der Waals surface area contributed by atoms with Gasteiger partial charge in [0.05, 0.1) is 0 Å². The molecule has 0 saturated carbocycles. The van der Waals surface area contributed by atoms with Gasteiger partial charge in [0.1, 0.15) is 12.1 Å². The zero-order valence-electron chi connectivity index (χ0n) is 22.3. The average molecular weight is 545 g/mol. The topological polar surface area (TPSA) is 118 Å². The lowest BCUT2D eigenvalue weighted by atomic mass is 9.87. The molecule has 0 N–H and O–H groups in total. The monoisotopic (exact) mass is 544 g/mol. The van der Waals surface area contributed by atoms with Gasteiger partial charge in [-0.2, -0.15) is 20.0 Å². The number of nitrogens with zero attached hydrogens (tertiary/aromatic N) is 4. The van der Waals surface area contributed by atoms with E-state index in [-0.39, 0.29) is 12.8 Å². The predicted octanol–water partition coefficient (Wildman–Crippen LogP) is 5.67. The molecule has 0 heterocycles. The van der Waals surface area contributed by atoms with Crippen molar-refractivity contribution in [2.45, 2.75) is 43.4 Å². The van der Waals surface area contributed by atoms with Crippen molar-refractivity contribution in [2.24, 2.45) is 20.0 Å². The fourth-order valence-corrected chi connectivity index (χ4v) is 4.50. The Hall–Kier alpha value is -5.34. The molecule has 41 heavy (non-hydrogen) atoms. The Morgan fingerprint density at radius 3 is 1.61 bits per heavy atom. The molecule has 1 aliphatic rings. The summed E-state index contributed by atoms with van der Waals surface area (Å²) in [5.74, 6) is 0. The smallest absolute Gasteiger partial charge is 0.211 e. The highest BCUT2D eigenvalue weighted by Gasteiger charge is 2.34. The van der Waals surface area contributed by atoms with E-state index in [9.17, 15) is 19.2 Å². The van der Waals surface area contributed by atoms with Gasteiger partial charge in [-0.05, 0) is 36.0 Å². The molecule has 0 aromatic heterocycles. The van der Waals surface area contributed by atoms with Crippen LogP contribution in [0.4, 0.5) is 0 Å². The van der Waals surface area contributed by atoms with Crippen LogP contribution >= 0.6 is 0 Å². The van der Waals surface area contributed by atoms with Crippen LogP contribution in [-0.2, 0) is 37.7 Å². The van der Waals surface area contributed by atoms with Gasteiger partial charge in [-0.15, -0.1) is 0 Å². The first-order valence-corrected chi connectivity index (χ1v) is 13.0. The number of rotatable bonds is 11. The van der Waals surface area contributed by atoms with Crippen LogP contribution in [-0.4, -0.2) is 36.4 Å². The first kappa shape index (κ1) is 30.2. The Morgan fingerprint density at radius 2 is 1.12 bits per heavy atom. The normalized spacial score (nSPS) is 16.4. The second-order valence-electron chi connectivity index (χ2n) is 9.06. The summed E-state index contributed by atoms with van der Waals surface area (Å²) in [6.07, 6.45) is 13.5. The summed E-state index contributed by atoms with van der Waals surface area (Å²) in [5.41, 5.74) is 2.49. The van der Waals surface area contributed by atoms with E-state index in [0.29, 0.717) is 11.1 Å². The molecule has 0 spiro atoms. The van der Waals surface area contributed by atoms with Crippen molar-refractivity contribution in [1.82, 2.24) is 0 Å². The number of benzene rings is 3. The summed E-state index contributed by atoms with van der Waals surface area (Å²) in [6, 6.07) is 28.4. The van der Waals surface area contributed by atoms with Crippen molar-refractivity contribution in [3.63, 3.8) is 0 Å². The number of hydrogen-bond donors (Lipinski definition) is 0. The third-order valence-electron chi connectivity index (χ3n) is 6.56. The van der Waals surface area contributed by atoms with Gasteiger partial charge in [0.25, 0.3) is 0 Å². The van der Waals surface area contributed by atoms with E-state index in [4.69, 9.17) is 0 Å². The summed E-state index contributed by atoms with van der Waals surface area (Å²) < 4.78 is 0. The molecule has 2 unspecified atom stereocenters. The quantitative estimate of drug-likeness (QED) is 0.228. The molecule has 3 aromatic carbocycles. The van der Waals surface area contributed by atoms with Crippen LogP contribution in [0.5, 0.6) is 0 Å². The molecule has 8 nitrogen and oxygen atoms in total. The number of carbonyl (C=O) groups excluding carboxylic acids is 4. The molecule has 0 radical (unpaired) electrons. The van der Waals surface area contributed by atoms with Gasteiger partial charge in [-0.1, -0.05) is 109 Å². The Balaban J connectivity index is 0.000000275. The molecule has 0 amide bonds. The van der Waals surface area contributed by atoms with Crippen molar-refractivity contribution in [3.8, 4) is 0 Å². The number of hydrogen-bond acceptors (Lipinski definition) is 8. The fourth-order valence-electron chi connectivity index (χ4n) is 4.50. The van der Waals surface area contributed by atoms with E-state index in [2.05, 4.69) is 80.6 Å². The lowest BCUT2D eigenvalue weighted by Crippen LogP contribution is -2.27. The molecule has 1 aliphatic carbocycles. The van der Waals surface area contributed by atoms with E-state index in [1.807, 2.05) is 0 Å². The Bertz CT molecular complexity index is 1450. The second kappa shape index (κ2) is 16.6. The van der Waals surface area contributed by atoms with Crippen LogP contribution in [0, 0.1) is 0 Å². The Kier molecular flexibility index (Phi) is 12.2. The van der Waals surface area contributed by atoms with Gasteiger partial charge in [-0.25, -0.2) is 19.2 Å². The number of aryl methyl sites for hydroxylation is 2. The molecule has 4 rings (SSSR count). The molecule has 204 valence electrons. The van der Waals surface area contributed by atoms with Crippen LogP contribution in [0.1, 0.15) is 29.5 Å². The van der Waals surface area contributed by atoms with Gasteiger partial charge in [0, 0.05) is 12.0 Å². The van der Waals surface area contributed by atoms with Gasteiger partial charge in [-0.3, -0.25) is 0 Å². The van der Waals surface area contributed by atoms with E-state index in [0.717, 1.165) is 12.8 Å². The number of aliphatic imine (C=N–C) groups is 4. The molecule has 0 aliphatic heterocycles. The average Bonchev–Trinajstić information content (AvgIpc) is 3.02. The standard InChI is InChI=1S/C19H14N4O4.C14H14/c24-11-20-17-8-4-5-15(18(17)21-12-25)9-10-19(22-13-26,23-14-27)16-6-2-1-3-7-16;1-3-7-13(8-4-1)11-12-14-9-5-2-6-10-14/h1-8,17-18H,9-10H2;1-10H,11-12H2. The van der Waals surface area contributed by atoms with E-state index < -0.39 is 17.7 Å². The van der Waals surface area contributed by atoms with Gasteiger partial charge in [0.2, 0.25) is 24.3 Å². The van der Waals surface area contributed by atoms with Gasteiger partial charge in [0.15, 0.2) is 5.66 Å².